The smallest absolute Gasteiger partial charge is 0.131 e. The molecule has 3 heteroatoms. The first kappa shape index (κ1) is 13.7. The molecule has 1 aliphatic heterocycles. The number of nitrogens with zero attached hydrogens (tertiary/aromatic N) is 1. The molecule has 0 aromatic carbocycles. The second kappa shape index (κ2) is 7.80. The van der Waals surface area contributed by atoms with Crippen molar-refractivity contribution < 1.29 is 9.90 Å². The number of Topliss-reactive ketones (excluding diaryl/α,β-unsaturated/α-hetero) is 1. The molecule has 1 atom stereocenters. The van der Waals surface area contributed by atoms with Gasteiger partial charge in [-0.25, -0.2) is 0 Å². The number of aliphatic hydroxyl groups excluding tert-OH is 1. The number of ketones is 1. The molecule has 1 aliphatic rings. The van der Waals surface area contributed by atoms with Gasteiger partial charge in [0.25, 0.3) is 0 Å². The summed E-state index contributed by atoms with van der Waals surface area (Å²) in [6.07, 6.45) is 7.61. The molecule has 1 heterocycles. The summed E-state index contributed by atoms with van der Waals surface area (Å²) in [5.41, 5.74) is 0. The van der Waals surface area contributed by atoms with Crippen LogP contribution in [0.5, 0.6) is 0 Å². The summed E-state index contributed by atoms with van der Waals surface area (Å²) < 4.78 is 0. The van der Waals surface area contributed by atoms with Gasteiger partial charge < -0.3 is 5.11 Å². The highest BCUT2D eigenvalue weighted by molar-refractivity contribution is 5.76. The van der Waals surface area contributed by atoms with Crippen LogP contribution in [0.1, 0.15) is 51.9 Å². The van der Waals surface area contributed by atoms with Gasteiger partial charge in [0.05, 0.1) is 0 Å². The number of aliphatic hydroxyl groups is 1. The zero-order valence-electron chi connectivity index (χ0n) is 10.5. The van der Waals surface area contributed by atoms with Crippen LogP contribution in [-0.4, -0.2) is 41.5 Å². The Kier molecular flexibility index (Phi) is 6.65. The average Bonchev–Trinajstić information content (AvgIpc) is 2.44. The maximum Gasteiger partial charge on any atom is 0.131 e. The van der Waals surface area contributed by atoms with Gasteiger partial charge in [-0.3, -0.25) is 9.69 Å². The minimum absolute atomic E-state index is 0.283. The van der Waals surface area contributed by atoms with E-state index in [9.17, 15) is 4.79 Å². The zero-order valence-corrected chi connectivity index (χ0v) is 10.5. The number of carbonyl (C=O) groups is 1. The SMILES string of the molecule is CC(=O)CC1CCCCCN1CCCCO. The van der Waals surface area contributed by atoms with E-state index in [0.717, 1.165) is 25.9 Å². The number of hydrogen-bond donors (Lipinski definition) is 1. The monoisotopic (exact) mass is 227 g/mol. The van der Waals surface area contributed by atoms with Gasteiger partial charge in [-0.2, -0.15) is 0 Å². The molecule has 0 aromatic heterocycles. The fourth-order valence-corrected chi connectivity index (χ4v) is 2.52. The van der Waals surface area contributed by atoms with Crippen molar-refractivity contribution in [3.8, 4) is 0 Å². The van der Waals surface area contributed by atoms with E-state index < -0.39 is 0 Å². The highest BCUT2D eigenvalue weighted by Crippen LogP contribution is 2.19. The van der Waals surface area contributed by atoms with Crippen LogP contribution in [0.4, 0.5) is 0 Å². The van der Waals surface area contributed by atoms with Crippen LogP contribution in [0.3, 0.4) is 0 Å². The third kappa shape index (κ3) is 5.08. The summed E-state index contributed by atoms with van der Waals surface area (Å²) in [6, 6.07) is 0.457. The van der Waals surface area contributed by atoms with E-state index >= 15 is 0 Å². The predicted octanol–water partition coefficient (Wildman–Crippen LogP) is 1.98. The van der Waals surface area contributed by atoms with Crippen molar-refractivity contribution in [3.63, 3.8) is 0 Å². The van der Waals surface area contributed by atoms with Gasteiger partial charge in [0.2, 0.25) is 0 Å². The Morgan fingerprint density at radius 1 is 1.31 bits per heavy atom. The molecular formula is C13H25NO2. The van der Waals surface area contributed by atoms with Crippen LogP contribution < -0.4 is 0 Å². The van der Waals surface area contributed by atoms with Crippen molar-refractivity contribution in [2.75, 3.05) is 19.7 Å². The molecule has 0 aromatic rings. The lowest BCUT2D eigenvalue weighted by Crippen LogP contribution is -2.37. The summed E-state index contributed by atoms with van der Waals surface area (Å²) in [5.74, 6) is 0.305. The highest BCUT2D eigenvalue weighted by Gasteiger charge is 2.21. The number of hydrogen-bond acceptors (Lipinski definition) is 3. The molecule has 0 aliphatic carbocycles. The maximum atomic E-state index is 11.2. The molecular weight excluding hydrogens is 202 g/mol. The first-order valence-electron chi connectivity index (χ1n) is 6.58. The van der Waals surface area contributed by atoms with Gasteiger partial charge in [-0.15, -0.1) is 0 Å². The second-order valence-electron chi connectivity index (χ2n) is 4.88. The van der Waals surface area contributed by atoms with Crippen molar-refractivity contribution >= 4 is 5.78 Å². The lowest BCUT2D eigenvalue weighted by molar-refractivity contribution is -0.118. The van der Waals surface area contributed by atoms with Crippen molar-refractivity contribution in [3.05, 3.63) is 0 Å². The van der Waals surface area contributed by atoms with Crippen molar-refractivity contribution in [1.82, 2.24) is 4.90 Å². The Balaban J connectivity index is 2.41. The predicted molar refractivity (Wildman–Crippen MR) is 65.4 cm³/mol. The van der Waals surface area contributed by atoms with Gasteiger partial charge >= 0.3 is 0 Å². The fraction of sp³-hybridized carbons (Fsp3) is 0.923. The quantitative estimate of drug-likeness (QED) is 0.705. The van der Waals surface area contributed by atoms with Gasteiger partial charge in [0.1, 0.15) is 5.78 Å². The summed E-state index contributed by atoms with van der Waals surface area (Å²) in [6.45, 7) is 4.14. The summed E-state index contributed by atoms with van der Waals surface area (Å²) in [5, 5.41) is 8.79. The van der Waals surface area contributed by atoms with Crippen LogP contribution >= 0.6 is 0 Å². The maximum absolute atomic E-state index is 11.2. The number of unbranched alkanes of at least 4 members (excludes halogenated alkanes) is 1. The Hall–Kier alpha value is -0.410. The van der Waals surface area contributed by atoms with E-state index in [1.54, 1.807) is 6.92 Å². The molecule has 94 valence electrons. The molecule has 0 amide bonds. The number of carbonyl (C=O) groups excluding carboxylic acids is 1. The van der Waals surface area contributed by atoms with Gasteiger partial charge in [-0.05, 0) is 45.7 Å². The average molecular weight is 227 g/mol. The molecule has 1 saturated heterocycles. The highest BCUT2D eigenvalue weighted by atomic mass is 16.2. The van der Waals surface area contributed by atoms with E-state index in [1.165, 1.54) is 25.7 Å². The Morgan fingerprint density at radius 3 is 2.81 bits per heavy atom. The molecule has 1 N–H and O–H groups in total. The first-order chi connectivity index (χ1) is 7.74. The number of likely N-dealkylation sites (tertiary alicyclic amines) is 1. The van der Waals surface area contributed by atoms with Crippen molar-refractivity contribution in [2.24, 2.45) is 0 Å². The van der Waals surface area contributed by atoms with Gasteiger partial charge in [0.15, 0.2) is 0 Å². The molecule has 0 saturated carbocycles. The third-order valence-electron chi connectivity index (χ3n) is 3.38. The molecule has 0 spiro atoms. The van der Waals surface area contributed by atoms with E-state index in [1.807, 2.05) is 0 Å². The first-order valence-corrected chi connectivity index (χ1v) is 6.58. The molecule has 16 heavy (non-hydrogen) atoms. The van der Waals surface area contributed by atoms with E-state index in [0.29, 0.717) is 18.2 Å². The van der Waals surface area contributed by atoms with E-state index in [4.69, 9.17) is 5.11 Å². The Bertz CT molecular complexity index is 206. The van der Waals surface area contributed by atoms with Gasteiger partial charge in [0, 0.05) is 19.1 Å². The molecule has 1 rings (SSSR count). The third-order valence-corrected chi connectivity index (χ3v) is 3.38. The molecule has 3 nitrogen and oxygen atoms in total. The minimum atomic E-state index is 0.283. The van der Waals surface area contributed by atoms with Crippen LogP contribution in [0.15, 0.2) is 0 Å². The van der Waals surface area contributed by atoms with Crippen LogP contribution in [-0.2, 0) is 4.79 Å². The second-order valence-corrected chi connectivity index (χ2v) is 4.88. The summed E-state index contributed by atoms with van der Waals surface area (Å²) >= 11 is 0. The van der Waals surface area contributed by atoms with Crippen LogP contribution in [0.2, 0.25) is 0 Å². The standard InChI is InChI=1S/C13H25NO2/c1-12(16)11-13-7-3-2-4-8-14(13)9-5-6-10-15/h13,15H,2-11H2,1H3. The Labute approximate surface area is 98.8 Å². The minimum Gasteiger partial charge on any atom is -0.396 e. The summed E-state index contributed by atoms with van der Waals surface area (Å²) in [7, 11) is 0. The molecule has 1 fully saturated rings. The molecule has 0 radical (unpaired) electrons. The number of rotatable bonds is 6. The fourth-order valence-electron chi connectivity index (χ4n) is 2.52. The van der Waals surface area contributed by atoms with E-state index in [2.05, 4.69) is 4.90 Å². The van der Waals surface area contributed by atoms with Crippen LogP contribution in [0, 0.1) is 0 Å². The topological polar surface area (TPSA) is 40.5 Å². The van der Waals surface area contributed by atoms with Crippen LogP contribution in [0.25, 0.3) is 0 Å². The zero-order chi connectivity index (χ0) is 11.8. The largest absolute Gasteiger partial charge is 0.396 e. The lowest BCUT2D eigenvalue weighted by atomic mass is 10.0. The van der Waals surface area contributed by atoms with Crippen molar-refractivity contribution in [1.29, 1.82) is 0 Å². The van der Waals surface area contributed by atoms with E-state index in [-0.39, 0.29) is 6.61 Å². The summed E-state index contributed by atoms with van der Waals surface area (Å²) in [4.78, 5) is 13.7. The van der Waals surface area contributed by atoms with Gasteiger partial charge in [-0.1, -0.05) is 12.8 Å². The molecule has 1 unspecified atom stereocenters. The normalized spacial score (nSPS) is 23.0. The molecule has 0 bridgehead atoms. The lowest BCUT2D eigenvalue weighted by Gasteiger charge is -2.29. The van der Waals surface area contributed by atoms with Crippen molar-refractivity contribution in [2.45, 2.75) is 57.9 Å². The Morgan fingerprint density at radius 2 is 2.12 bits per heavy atom.